The van der Waals surface area contributed by atoms with Gasteiger partial charge in [-0.15, -0.1) is 0 Å². The molecular formula is C9H9ClN2O2. The first-order valence-electron chi connectivity index (χ1n) is 4.27. The molecule has 0 radical (unpaired) electrons. The van der Waals surface area contributed by atoms with Gasteiger partial charge in [-0.05, 0) is 6.42 Å². The van der Waals surface area contributed by atoms with Crippen molar-refractivity contribution in [1.29, 1.82) is 0 Å². The van der Waals surface area contributed by atoms with Gasteiger partial charge < -0.3 is 4.74 Å². The van der Waals surface area contributed by atoms with Crippen molar-refractivity contribution >= 4 is 17.6 Å². The number of esters is 1. The largest absolute Gasteiger partial charge is 0.469 e. The molecule has 0 unspecified atom stereocenters. The fraction of sp³-hybridized carbons (Fsp3) is 0.444. The molecule has 0 amide bonds. The van der Waals surface area contributed by atoms with Crippen molar-refractivity contribution in [2.24, 2.45) is 5.92 Å². The molecule has 1 aromatic heterocycles. The summed E-state index contributed by atoms with van der Waals surface area (Å²) in [6, 6.07) is 0. The highest BCUT2D eigenvalue weighted by Crippen LogP contribution is 2.47. The number of rotatable bonds is 2. The Hall–Kier alpha value is -1.16. The first kappa shape index (κ1) is 9.40. The Morgan fingerprint density at radius 3 is 2.93 bits per heavy atom. The standard InChI is InChI=1S/C9H9ClN2O2/c1-14-9(13)6-2-5(6)7-3-12-8(10)4-11-7/h3-6H,2H2,1H3/t5-,6-/m1/s1. The van der Waals surface area contributed by atoms with Crippen LogP contribution in [0, 0.1) is 5.92 Å². The number of aromatic nitrogens is 2. The molecule has 5 heteroatoms. The molecule has 0 N–H and O–H groups in total. The van der Waals surface area contributed by atoms with Crippen molar-refractivity contribution in [1.82, 2.24) is 9.97 Å². The SMILES string of the molecule is COC(=O)[C@@H]1C[C@H]1c1cnc(Cl)cn1. The molecule has 1 aromatic rings. The normalized spacial score (nSPS) is 24.4. The van der Waals surface area contributed by atoms with Gasteiger partial charge in [0.05, 0.1) is 31.1 Å². The Kier molecular flexibility index (Phi) is 2.37. The van der Waals surface area contributed by atoms with Crippen molar-refractivity contribution in [2.75, 3.05) is 7.11 Å². The number of methoxy groups -OCH3 is 1. The number of carbonyl (C=O) groups excluding carboxylic acids is 1. The van der Waals surface area contributed by atoms with Gasteiger partial charge in [-0.2, -0.15) is 0 Å². The second-order valence-corrected chi connectivity index (χ2v) is 3.62. The summed E-state index contributed by atoms with van der Waals surface area (Å²) < 4.78 is 4.64. The first-order chi connectivity index (χ1) is 6.72. The van der Waals surface area contributed by atoms with Crippen molar-refractivity contribution in [3.63, 3.8) is 0 Å². The summed E-state index contributed by atoms with van der Waals surface area (Å²) in [5.74, 6) is -0.0607. The Balaban J connectivity index is 2.06. The van der Waals surface area contributed by atoms with E-state index >= 15 is 0 Å². The fourth-order valence-corrected chi connectivity index (χ4v) is 1.55. The molecule has 2 rings (SSSR count). The Morgan fingerprint density at radius 1 is 1.57 bits per heavy atom. The van der Waals surface area contributed by atoms with Crippen LogP contribution in [0.3, 0.4) is 0 Å². The van der Waals surface area contributed by atoms with Crippen molar-refractivity contribution < 1.29 is 9.53 Å². The summed E-state index contributed by atoms with van der Waals surface area (Å²) in [5, 5.41) is 0.365. The Bertz CT molecular complexity index is 352. The highest BCUT2D eigenvalue weighted by atomic mass is 35.5. The van der Waals surface area contributed by atoms with Crippen LogP contribution < -0.4 is 0 Å². The molecule has 2 atom stereocenters. The third-order valence-electron chi connectivity index (χ3n) is 2.31. The minimum atomic E-state index is -0.174. The quantitative estimate of drug-likeness (QED) is 0.696. The van der Waals surface area contributed by atoms with Gasteiger partial charge in [0.15, 0.2) is 0 Å². The maximum Gasteiger partial charge on any atom is 0.309 e. The van der Waals surface area contributed by atoms with Crippen LogP contribution >= 0.6 is 11.6 Å². The van der Waals surface area contributed by atoms with Crippen LogP contribution in [0.2, 0.25) is 5.15 Å². The van der Waals surface area contributed by atoms with Crippen LogP contribution in [-0.2, 0) is 9.53 Å². The van der Waals surface area contributed by atoms with Crippen LogP contribution in [0.1, 0.15) is 18.0 Å². The van der Waals surface area contributed by atoms with Crippen molar-refractivity contribution in [2.45, 2.75) is 12.3 Å². The van der Waals surface area contributed by atoms with Crippen molar-refractivity contribution in [3.05, 3.63) is 23.2 Å². The number of ether oxygens (including phenoxy) is 1. The molecule has 1 aliphatic rings. The third-order valence-corrected chi connectivity index (χ3v) is 2.51. The first-order valence-corrected chi connectivity index (χ1v) is 4.65. The van der Waals surface area contributed by atoms with E-state index in [1.807, 2.05) is 0 Å². The average molecular weight is 213 g/mol. The highest BCUT2D eigenvalue weighted by Gasteiger charge is 2.46. The maximum atomic E-state index is 11.1. The van der Waals surface area contributed by atoms with Gasteiger partial charge in [0.2, 0.25) is 0 Å². The van der Waals surface area contributed by atoms with Gasteiger partial charge in [0.25, 0.3) is 0 Å². The molecule has 1 fully saturated rings. The second-order valence-electron chi connectivity index (χ2n) is 3.24. The van der Waals surface area contributed by atoms with Gasteiger partial charge in [-0.1, -0.05) is 11.6 Å². The lowest BCUT2D eigenvalue weighted by Crippen LogP contribution is -2.04. The fourth-order valence-electron chi connectivity index (χ4n) is 1.45. The van der Waals surface area contributed by atoms with Crippen LogP contribution in [0.5, 0.6) is 0 Å². The lowest BCUT2D eigenvalue weighted by Gasteiger charge is -1.98. The Morgan fingerprint density at radius 2 is 2.36 bits per heavy atom. The average Bonchev–Trinajstić information content (AvgIpc) is 2.98. The summed E-state index contributed by atoms with van der Waals surface area (Å²) in [5.41, 5.74) is 0.810. The van der Waals surface area contributed by atoms with Crippen LogP contribution in [-0.4, -0.2) is 23.0 Å². The topological polar surface area (TPSA) is 52.1 Å². The minimum Gasteiger partial charge on any atom is -0.469 e. The molecule has 0 aliphatic heterocycles. The molecule has 0 aromatic carbocycles. The third kappa shape index (κ3) is 1.70. The van der Waals surface area contributed by atoms with E-state index in [9.17, 15) is 4.79 Å². The number of hydrogen-bond donors (Lipinski definition) is 0. The van der Waals surface area contributed by atoms with E-state index in [4.69, 9.17) is 11.6 Å². The van der Waals surface area contributed by atoms with Gasteiger partial charge in [0, 0.05) is 5.92 Å². The van der Waals surface area contributed by atoms with Crippen LogP contribution in [0.15, 0.2) is 12.4 Å². The summed E-state index contributed by atoms with van der Waals surface area (Å²) >= 11 is 5.60. The molecule has 74 valence electrons. The van der Waals surface area contributed by atoms with Gasteiger partial charge in [-0.25, -0.2) is 4.98 Å². The van der Waals surface area contributed by atoms with E-state index in [0.717, 1.165) is 12.1 Å². The van der Waals surface area contributed by atoms with E-state index in [1.54, 1.807) is 6.20 Å². The van der Waals surface area contributed by atoms with E-state index in [-0.39, 0.29) is 17.8 Å². The summed E-state index contributed by atoms with van der Waals surface area (Å²) in [6.07, 6.45) is 3.89. The molecule has 4 nitrogen and oxygen atoms in total. The molecular weight excluding hydrogens is 204 g/mol. The van der Waals surface area contributed by atoms with Crippen LogP contribution in [0.4, 0.5) is 0 Å². The number of hydrogen-bond acceptors (Lipinski definition) is 4. The molecule has 1 aliphatic carbocycles. The smallest absolute Gasteiger partial charge is 0.309 e. The monoisotopic (exact) mass is 212 g/mol. The molecule has 0 bridgehead atoms. The number of carbonyl (C=O) groups is 1. The van der Waals surface area contributed by atoms with Gasteiger partial charge in [0.1, 0.15) is 5.15 Å². The molecule has 1 heterocycles. The second kappa shape index (κ2) is 3.53. The Labute approximate surface area is 86.3 Å². The predicted molar refractivity (Wildman–Crippen MR) is 49.9 cm³/mol. The molecule has 0 spiro atoms. The zero-order chi connectivity index (χ0) is 10.1. The molecule has 1 saturated carbocycles. The lowest BCUT2D eigenvalue weighted by molar-refractivity contribution is -0.142. The highest BCUT2D eigenvalue weighted by molar-refractivity contribution is 6.29. The van der Waals surface area contributed by atoms with E-state index in [2.05, 4.69) is 14.7 Å². The molecule has 14 heavy (non-hydrogen) atoms. The maximum absolute atomic E-state index is 11.1. The summed E-state index contributed by atoms with van der Waals surface area (Å²) in [6.45, 7) is 0. The summed E-state index contributed by atoms with van der Waals surface area (Å²) in [4.78, 5) is 19.1. The minimum absolute atomic E-state index is 0.0459. The van der Waals surface area contributed by atoms with E-state index in [1.165, 1.54) is 13.3 Å². The summed E-state index contributed by atoms with van der Waals surface area (Å²) in [7, 11) is 1.39. The zero-order valence-electron chi connectivity index (χ0n) is 7.61. The van der Waals surface area contributed by atoms with Gasteiger partial charge in [-0.3, -0.25) is 9.78 Å². The number of nitrogens with zero attached hydrogens (tertiary/aromatic N) is 2. The van der Waals surface area contributed by atoms with Crippen LogP contribution in [0.25, 0.3) is 0 Å². The lowest BCUT2D eigenvalue weighted by atomic mass is 10.2. The van der Waals surface area contributed by atoms with E-state index < -0.39 is 0 Å². The number of halogens is 1. The van der Waals surface area contributed by atoms with E-state index in [0.29, 0.717) is 5.15 Å². The van der Waals surface area contributed by atoms with Crippen molar-refractivity contribution in [3.8, 4) is 0 Å². The predicted octanol–water partition coefficient (Wildman–Crippen LogP) is 1.41. The zero-order valence-corrected chi connectivity index (χ0v) is 8.36. The van der Waals surface area contributed by atoms with Gasteiger partial charge >= 0.3 is 5.97 Å². The molecule has 0 saturated heterocycles.